The lowest BCUT2D eigenvalue weighted by Gasteiger charge is -2.39. The van der Waals surface area contributed by atoms with E-state index in [2.05, 4.69) is 5.32 Å². The summed E-state index contributed by atoms with van der Waals surface area (Å²) in [7, 11) is 0. The van der Waals surface area contributed by atoms with Gasteiger partial charge in [0.2, 0.25) is 0 Å². The van der Waals surface area contributed by atoms with Gasteiger partial charge < -0.3 is 15.3 Å². The van der Waals surface area contributed by atoms with Gasteiger partial charge in [-0.25, -0.2) is 0 Å². The Balaban J connectivity index is 2.16. The highest BCUT2D eigenvalue weighted by Gasteiger charge is 2.40. The zero-order valence-corrected chi connectivity index (χ0v) is 18.3. The van der Waals surface area contributed by atoms with E-state index in [9.17, 15) is 19.8 Å². The van der Waals surface area contributed by atoms with Crippen LogP contribution in [0.2, 0.25) is 0 Å². The number of carboxylic acids is 2. The fourth-order valence-corrected chi connectivity index (χ4v) is 4.26. The summed E-state index contributed by atoms with van der Waals surface area (Å²) in [4.78, 5) is 24.2. The van der Waals surface area contributed by atoms with Gasteiger partial charge in [0.15, 0.2) is 0 Å². The topological polar surface area (TPSA) is 107 Å². The second-order valence-corrected chi connectivity index (χ2v) is 8.02. The summed E-state index contributed by atoms with van der Waals surface area (Å²) in [5, 5.41) is 32.3. The molecule has 0 saturated carbocycles. The summed E-state index contributed by atoms with van der Waals surface area (Å²) in [5.74, 6) is -3.09. The molecular formula is C27H29NO5. The van der Waals surface area contributed by atoms with Gasteiger partial charge in [0.05, 0.1) is 11.5 Å². The third kappa shape index (κ3) is 5.66. The molecule has 3 aromatic rings. The van der Waals surface area contributed by atoms with E-state index in [0.29, 0.717) is 6.42 Å². The minimum atomic E-state index is -1.15. The van der Waals surface area contributed by atoms with Crippen molar-refractivity contribution in [2.24, 2.45) is 5.92 Å². The molecule has 3 rings (SSSR count). The van der Waals surface area contributed by atoms with E-state index >= 15 is 0 Å². The summed E-state index contributed by atoms with van der Waals surface area (Å²) in [6.07, 6.45) is 0.385. The van der Waals surface area contributed by atoms with E-state index in [1.165, 1.54) is 0 Å². The maximum atomic E-state index is 12.4. The van der Waals surface area contributed by atoms with Crippen LogP contribution in [0.4, 0.5) is 0 Å². The maximum Gasteiger partial charge on any atom is 0.320 e. The lowest BCUT2D eigenvalue weighted by Crippen LogP contribution is -2.53. The zero-order chi connectivity index (χ0) is 23.7. The summed E-state index contributed by atoms with van der Waals surface area (Å²) in [6.45, 7) is -0.142. The van der Waals surface area contributed by atoms with Crippen LogP contribution in [0.15, 0.2) is 91.0 Å². The Bertz CT molecular complexity index is 927. The van der Waals surface area contributed by atoms with Gasteiger partial charge in [0.1, 0.15) is 6.04 Å². The highest BCUT2D eigenvalue weighted by Crippen LogP contribution is 2.37. The van der Waals surface area contributed by atoms with Crippen LogP contribution in [0.3, 0.4) is 0 Å². The maximum absolute atomic E-state index is 12.4. The van der Waals surface area contributed by atoms with Gasteiger partial charge in [0.25, 0.3) is 0 Å². The van der Waals surface area contributed by atoms with Crippen molar-refractivity contribution in [2.75, 3.05) is 6.61 Å². The molecule has 0 radical (unpaired) electrons. The molecular weight excluding hydrogens is 418 g/mol. The van der Waals surface area contributed by atoms with Crippen LogP contribution in [0.1, 0.15) is 36.0 Å². The molecule has 0 aliphatic rings. The van der Waals surface area contributed by atoms with Crippen molar-refractivity contribution < 1.29 is 24.9 Å². The van der Waals surface area contributed by atoms with E-state index in [1.54, 1.807) is 0 Å². The quantitative estimate of drug-likeness (QED) is 0.314. The highest BCUT2D eigenvalue weighted by molar-refractivity contribution is 5.76. The lowest BCUT2D eigenvalue weighted by molar-refractivity contribution is -0.144. The van der Waals surface area contributed by atoms with Gasteiger partial charge in [-0.3, -0.25) is 14.9 Å². The van der Waals surface area contributed by atoms with E-state index in [0.717, 1.165) is 16.7 Å². The number of rotatable bonds is 12. The fraction of sp³-hybridized carbons (Fsp3) is 0.259. The van der Waals surface area contributed by atoms with E-state index in [4.69, 9.17) is 5.11 Å². The predicted molar refractivity (Wildman–Crippen MR) is 126 cm³/mol. The van der Waals surface area contributed by atoms with Gasteiger partial charge in [-0.2, -0.15) is 0 Å². The third-order valence-electron chi connectivity index (χ3n) is 5.89. The number of hydrogen-bond acceptors (Lipinski definition) is 4. The number of hydrogen-bond donors (Lipinski definition) is 4. The first-order chi connectivity index (χ1) is 16.0. The van der Waals surface area contributed by atoms with Gasteiger partial charge in [0, 0.05) is 6.61 Å². The summed E-state index contributed by atoms with van der Waals surface area (Å²) in [6, 6.07) is 27.5. The Kier molecular flexibility index (Phi) is 8.35. The van der Waals surface area contributed by atoms with Crippen LogP contribution in [-0.2, 0) is 15.1 Å². The van der Waals surface area contributed by atoms with Crippen LogP contribution in [0.25, 0.3) is 0 Å². The first kappa shape index (κ1) is 24.2. The van der Waals surface area contributed by atoms with Crippen molar-refractivity contribution in [1.82, 2.24) is 5.32 Å². The molecule has 0 fully saturated rings. The van der Waals surface area contributed by atoms with Crippen molar-refractivity contribution in [1.29, 1.82) is 0 Å². The second-order valence-electron chi connectivity index (χ2n) is 8.02. The highest BCUT2D eigenvalue weighted by atomic mass is 16.4. The van der Waals surface area contributed by atoms with E-state index in [1.807, 2.05) is 91.0 Å². The molecule has 0 amide bonds. The smallest absolute Gasteiger partial charge is 0.320 e. The molecule has 0 saturated heterocycles. The van der Waals surface area contributed by atoms with Crippen molar-refractivity contribution >= 4 is 11.9 Å². The van der Waals surface area contributed by atoms with E-state index in [-0.39, 0.29) is 19.4 Å². The number of aliphatic hydroxyl groups is 1. The van der Waals surface area contributed by atoms with Gasteiger partial charge in [-0.05, 0) is 36.0 Å². The van der Waals surface area contributed by atoms with Crippen LogP contribution in [0.5, 0.6) is 0 Å². The van der Waals surface area contributed by atoms with Crippen molar-refractivity contribution in [3.05, 3.63) is 108 Å². The van der Waals surface area contributed by atoms with Crippen LogP contribution >= 0.6 is 0 Å². The van der Waals surface area contributed by atoms with Crippen molar-refractivity contribution in [3.8, 4) is 0 Å². The van der Waals surface area contributed by atoms with Gasteiger partial charge in [-0.15, -0.1) is 0 Å². The van der Waals surface area contributed by atoms with E-state index < -0.39 is 29.4 Å². The minimum absolute atomic E-state index is 0.112. The number of nitrogens with one attached hydrogen (secondary N) is 1. The number of benzene rings is 3. The average Bonchev–Trinajstić information content (AvgIpc) is 2.85. The molecule has 0 bridgehead atoms. The monoisotopic (exact) mass is 447 g/mol. The lowest BCUT2D eigenvalue weighted by atomic mass is 9.76. The molecule has 6 heteroatoms. The molecule has 0 aliphatic heterocycles. The Hall–Kier alpha value is -3.48. The predicted octanol–water partition coefficient (Wildman–Crippen LogP) is 3.88. The first-order valence-corrected chi connectivity index (χ1v) is 11.0. The zero-order valence-electron chi connectivity index (χ0n) is 18.3. The average molecular weight is 448 g/mol. The molecule has 3 aromatic carbocycles. The normalized spacial score (nSPS) is 13.2. The molecule has 2 atom stereocenters. The summed E-state index contributed by atoms with van der Waals surface area (Å²) >= 11 is 0. The second kappa shape index (κ2) is 11.4. The largest absolute Gasteiger partial charge is 0.481 e. The van der Waals surface area contributed by atoms with Crippen LogP contribution < -0.4 is 5.32 Å². The molecule has 33 heavy (non-hydrogen) atoms. The SMILES string of the molecule is O=C(O)C(CCCO)C[C@H](NC(c1ccccc1)(c1ccccc1)c1ccccc1)C(=O)O. The van der Waals surface area contributed by atoms with Crippen molar-refractivity contribution in [3.63, 3.8) is 0 Å². The number of aliphatic carboxylic acids is 2. The molecule has 6 nitrogen and oxygen atoms in total. The molecule has 1 unspecified atom stereocenters. The Labute approximate surface area is 193 Å². The molecule has 0 aliphatic carbocycles. The molecule has 0 spiro atoms. The van der Waals surface area contributed by atoms with Crippen LogP contribution in [-0.4, -0.2) is 39.9 Å². The molecule has 0 aromatic heterocycles. The standard InChI is InChI=1S/C27H29NO5/c29-18-10-11-20(25(30)31)19-24(26(32)33)28-27(21-12-4-1-5-13-21,22-14-6-2-7-15-22)23-16-8-3-9-17-23/h1-9,12-17,20,24,28-29H,10-11,18-19H2,(H,30,31)(H,32,33)/t20?,24-/m0/s1. The number of carboxylic acid groups (broad SMARTS) is 2. The fourth-order valence-electron chi connectivity index (χ4n) is 4.26. The number of carbonyl (C=O) groups is 2. The number of aliphatic hydroxyl groups excluding tert-OH is 1. The van der Waals surface area contributed by atoms with Gasteiger partial charge >= 0.3 is 11.9 Å². The molecule has 0 heterocycles. The van der Waals surface area contributed by atoms with Gasteiger partial charge in [-0.1, -0.05) is 91.0 Å². The molecule has 172 valence electrons. The Morgan fingerprint density at radius 3 is 1.48 bits per heavy atom. The Morgan fingerprint density at radius 1 is 0.727 bits per heavy atom. The summed E-state index contributed by atoms with van der Waals surface area (Å²) in [5.41, 5.74) is 1.51. The van der Waals surface area contributed by atoms with Crippen LogP contribution in [0, 0.1) is 5.92 Å². The Morgan fingerprint density at radius 2 is 1.15 bits per heavy atom. The summed E-state index contributed by atoms with van der Waals surface area (Å²) < 4.78 is 0. The molecule has 4 N–H and O–H groups in total. The minimum Gasteiger partial charge on any atom is -0.481 e. The van der Waals surface area contributed by atoms with Crippen molar-refractivity contribution in [2.45, 2.75) is 30.8 Å². The third-order valence-corrected chi connectivity index (χ3v) is 5.89. The first-order valence-electron chi connectivity index (χ1n) is 11.0.